The first-order valence-electron chi connectivity index (χ1n) is 8.97. The van der Waals surface area contributed by atoms with Crippen molar-refractivity contribution in [3.63, 3.8) is 0 Å². The van der Waals surface area contributed by atoms with Crippen LogP contribution >= 0.6 is 0 Å². The van der Waals surface area contributed by atoms with Gasteiger partial charge in [-0.25, -0.2) is 17.9 Å². The number of carbonyl (C=O) groups excluding carboxylic acids is 2. The van der Waals surface area contributed by atoms with Gasteiger partial charge in [0.2, 0.25) is 10.0 Å². The van der Waals surface area contributed by atoms with Crippen LogP contribution in [0.25, 0.3) is 0 Å². The number of amides is 1. The number of rotatable bonds is 6. The van der Waals surface area contributed by atoms with Crippen molar-refractivity contribution in [1.29, 1.82) is 0 Å². The van der Waals surface area contributed by atoms with E-state index in [1.54, 1.807) is 4.90 Å². The molecule has 9 heteroatoms. The van der Waals surface area contributed by atoms with E-state index in [2.05, 4.69) is 4.72 Å². The van der Waals surface area contributed by atoms with Gasteiger partial charge in [-0.3, -0.25) is 4.79 Å². The van der Waals surface area contributed by atoms with Crippen molar-refractivity contribution >= 4 is 27.6 Å². The van der Waals surface area contributed by atoms with E-state index < -0.39 is 22.6 Å². The summed E-state index contributed by atoms with van der Waals surface area (Å²) < 4.78 is 36.7. The van der Waals surface area contributed by atoms with Gasteiger partial charge >= 0.3 is 5.97 Å². The van der Waals surface area contributed by atoms with Gasteiger partial charge in [-0.05, 0) is 50.2 Å². The standard InChI is InChI=1S/C20H22N2O6S/c1-13-10-14-6-4-5-7-16(14)22(13)19(23)12-28-20(24)15-8-9-17(27-3)18(11-15)29(25,26)21-2/h4-9,11,13,21H,10,12H2,1-3H3/t13-/m1/s1. The van der Waals surface area contributed by atoms with E-state index in [4.69, 9.17) is 9.47 Å². The molecule has 2 aromatic rings. The number of methoxy groups -OCH3 is 1. The lowest BCUT2D eigenvalue weighted by Crippen LogP contribution is -2.38. The average molecular weight is 418 g/mol. The number of ether oxygens (including phenoxy) is 2. The van der Waals surface area contributed by atoms with Gasteiger partial charge in [0.05, 0.1) is 12.7 Å². The fourth-order valence-corrected chi connectivity index (χ4v) is 4.27. The number of esters is 1. The Morgan fingerprint density at radius 3 is 2.62 bits per heavy atom. The molecule has 1 amide bonds. The lowest BCUT2D eigenvalue weighted by atomic mass is 10.1. The first kappa shape index (κ1) is 20.8. The Bertz CT molecular complexity index is 1050. The summed E-state index contributed by atoms with van der Waals surface area (Å²) in [5.41, 5.74) is 1.88. The van der Waals surface area contributed by atoms with Crippen LogP contribution in [0.5, 0.6) is 5.75 Å². The van der Waals surface area contributed by atoms with Gasteiger partial charge in [0.1, 0.15) is 10.6 Å². The first-order valence-corrected chi connectivity index (χ1v) is 10.5. The minimum atomic E-state index is -3.84. The molecule has 0 unspecified atom stereocenters. The summed E-state index contributed by atoms with van der Waals surface area (Å²) >= 11 is 0. The normalized spacial score (nSPS) is 15.7. The maximum absolute atomic E-state index is 12.7. The summed E-state index contributed by atoms with van der Waals surface area (Å²) in [6.45, 7) is 1.48. The molecule has 154 valence electrons. The highest BCUT2D eigenvalue weighted by molar-refractivity contribution is 7.89. The largest absolute Gasteiger partial charge is 0.495 e. The van der Waals surface area contributed by atoms with E-state index in [1.165, 1.54) is 26.3 Å². The van der Waals surface area contributed by atoms with Crippen LogP contribution in [0, 0.1) is 0 Å². The molecule has 0 fully saturated rings. The minimum Gasteiger partial charge on any atom is -0.495 e. The maximum Gasteiger partial charge on any atom is 0.338 e. The molecule has 8 nitrogen and oxygen atoms in total. The first-order chi connectivity index (χ1) is 13.8. The predicted molar refractivity (Wildman–Crippen MR) is 107 cm³/mol. The van der Waals surface area contributed by atoms with Crippen LogP contribution in [0.2, 0.25) is 0 Å². The maximum atomic E-state index is 12.7. The molecular formula is C20H22N2O6S. The van der Waals surface area contributed by atoms with Crippen LogP contribution < -0.4 is 14.4 Å². The minimum absolute atomic E-state index is 0.00213. The van der Waals surface area contributed by atoms with Gasteiger partial charge in [0.15, 0.2) is 6.61 Å². The second-order valence-corrected chi connectivity index (χ2v) is 8.45. The molecule has 3 rings (SSSR count). The lowest BCUT2D eigenvalue weighted by molar-refractivity contribution is -0.122. The van der Waals surface area contributed by atoms with Crippen molar-refractivity contribution in [2.24, 2.45) is 0 Å². The van der Waals surface area contributed by atoms with E-state index in [0.717, 1.165) is 23.7 Å². The third kappa shape index (κ3) is 4.10. The molecule has 1 aliphatic rings. The number of hydrogen-bond donors (Lipinski definition) is 1. The highest BCUT2D eigenvalue weighted by Gasteiger charge is 2.31. The van der Waals surface area contributed by atoms with E-state index >= 15 is 0 Å². The van der Waals surface area contributed by atoms with Crippen molar-refractivity contribution in [1.82, 2.24) is 4.72 Å². The molecule has 0 bridgehead atoms. The van der Waals surface area contributed by atoms with Gasteiger partial charge in [-0.1, -0.05) is 18.2 Å². The molecule has 0 saturated carbocycles. The summed E-state index contributed by atoms with van der Waals surface area (Å²) in [4.78, 5) is 26.5. The monoisotopic (exact) mass is 418 g/mol. The molecule has 0 aliphatic carbocycles. The fourth-order valence-electron chi connectivity index (χ4n) is 3.35. The van der Waals surface area contributed by atoms with E-state index in [1.807, 2.05) is 31.2 Å². The Morgan fingerprint density at radius 1 is 1.21 bits per heavy atom. The molecule has 0 saturated heterocycles. The molecule has 0 aromatic heterocycles. The van der Waals surface area contributed by atoms with Crippen LogP contribution in [0.3, 0.4) is 0 Å². The number of sulfonamides is 1. The zero-order valence-electron chi connectivity index (χ0n) is 16.3. The highest BCUT2D eigenvalue weighted by atomic mass is 32.2. The van der Waals surface area contributed by atoms with Gasteiger partial charge in [0.25, 0.3) is 5.91 Å². The summed E-state index contributed by atoms with van der Waals surface area (Å²) in [5.74, 6) is -1.05. The smallest absolute Gasteiger partial charge is 0.338 e. The number of hydrogen-bond acceptors (Lipinski definition) is 6. The second-order valence-electron chi connectivity index (χ2n) is 6.59. The van der Waals surface area contributed by atoms with Gasteiger partial charge < -0.3 is 14.4 Å². The van der Waals surface area contributed by atoms with Crippen LogP contribution in [-0.2, 0) is 26.0 Å². The lowest BCUT2D eigenvalue weighted by Gasteiger charge is -2.22. The Morgan fingerprint density at radius 2 is 1.93 bits per heavy atom. The topological polar surface area (TPSA) is 102 Å². The Kier molecular flexibility index (Phi) is 5.90. The zero-order chi connectivity index (χ0) is 21.2. The number of carbonyl (C=O) groups is 2. The number of benzene rings is 2. The molecular weight excluding hydrogens is 396 g/mol. The second kappa shape index (κ2) is 8.22. The van der Waals surface area contributed by atoms with E-state index in [9.17, 15) is 18.0 Å². The van der Waals surface area contributed by atoms with E-state index in [-0.39, 0.29) is 28.2 Å². The van der Waals surface area contributed by atoms with Crippen molar-refractivity contribution in [3.8, 4) is 5.75 Å². The Hall–Kier alpha value is -2.91. The van der Waals surface area contributed by atoms with Crippen LogP contribution in [-0.4, -0.2) is 47.1 Å². The Balaban J connectivity index is 1.75. The average Bonchev–Trinajstić information content (AvgIpc) is 3.06. The molecule has 0 radical (unpaired) electrons. The molecule has 1 N–H and O–H groups in total. The molecule has 1 atom stereocenters. The van der Waals surface area contributed by atoms with E-state index in [0.29, 0.717) is 0 Å². The predicted octanol–water partition coefficient (Wildman–Crippen LogP) is 1.74. The number of nitrogens with zero attached hydrogens (tertiary/aromatic N) is 1. The van der Waals surface area contributed by atoms with Gasteiger partial charge in [-0.2, -0.15) is 0 Å². The molecule has 1 heterocycles. The van der Waals surface area contributed by atoms with Gasteiger partial charge in [0, 0.05) is 11.7 Å². The summed E-state index contributed by atoms with van der Waals surface area (Å²) in [7, 11) is -1.25. The van der Waals surface area contributed by atoms with Crippen molar-refractivity contribution < 1.29 is 27.5 Å². The highest BCUT2D eigenvalue weighted by Crippen LogP contribution is 2.32. The summed E-state index contributed by atoms with van der Waals surface area (Å²) in [6, 6.07) is 11.5. The summed E-state index contributed by atoms with van der Waals surface area (Å²) in [6.07, 6.45) is 0.736. The van der Waals surface area contributed by atoms with Crippen molar-refractivity contribution in [2.75, 3.05) is 25.7 Å². The fraction of sp³-hybridized carbons (Fsp3) is 0.300. The number of anilines is 1. The number of fused-ring (bicyclic) bond motifs is 1. The van der Waals surface area contributed by atoms with Gasteiger partial charge in [-0.15, -0.1) is 0 Å². The summed E-state index contributed by atoms with van der Waals surface area (Å²) in [5, 5.41) is 0. The van der Waals surface area contributed by atoms with Crippen LogP contribution in [0.15, 0.2) is 47.4 Å². The van der Waals surface area contributed by atoms with Crippen LogP contribution in [0.1, 0.15) is 22.8 Å². The molecule has 0 spiro atoms. The number of para-hydroxylation sites is 1. The third-order valence-electron chi connectivity index (χ3n) is 4.76. The zero-order valence-corrected chi connectivity index (χ0v) is 17.2. The quantitative estimate of drug-likeness (QED) is 0.717. The number of nitrogens with one attached hydrogen (secondary N) is 1. The Labute approximate surface area is 169 Å². The van der Waals surface area contributed by atoms with Crippen molar-refractivity contribution in [3.05, 3.63) is 53.6 Å². The van der Waals surface area contributed by atoms with Crippen LogP contribution in [0.4, 0.5) is 5.69 Å². The molecule has 1 aliphatic heterocycles. The molecule has 2 aromatic carbocycles. The SMILES string of the molecule is CNS(=O)(=O)c1cc(C(=O)OCC(=O)N2c3ccccc3C[C@H]2C)ccc1OC. The third-order valence-corrected chi connectivity index (χ3v) is 6.20. The molecule has 29 heavy (non-hydrogen) atoms. The van der Waals surface area contributed by atoms with Crippen molar-refractivity contribution in [2.45, 2.75) is 24.3 Å².